The predicted octanol–water partition coefficient (Wildman–Crippen LogP) is 6.25. The second-order valence-electron chi connectivity index (χ2n) is 8.19. The van der Waals surface area contributed by atoms with Gasteiger partial charge in [-0.2, -0.15) is 0 Å². The highest BCUT2D eigenvalue weighted by Crippen LogP contribution is 2.40. The average Bonchev–Trinajstić information content (AvgIpc) is 3.10. The monoisotopic (exact) mass is 519 g/mol. The Morgan fingerprint density at radius 1 is 1.00 bits per heavy atom. The summed E-state index contributed by atoms with van der Waals surface area (Å²) < 4.78 is 6.65. The van der Waals surface area contributed by atoms with Gasteiger partial charge in [0.05, 0.1) is 18.2 Å². The van der Waals surface area contributed by atoms with Crippen LogP contribution in [0.1, 0.15) is 42.5 Å². The van der Waals surface area contributed by atoms with E-state index in [1.165, 1.54) is 4.90 Å². The van der Waals surface area contributed by atoms with Gasteiger partial charge < -0.3 is 14.7 Å². The van der Waals surface area contributed by atoms with Gasteiger partial charge in [-0.05, 0) is 41.8 Å². The number of carbonyl (C=O) groups is 2. The summed E-state index contributed by atoms with van der Waals surface area (Å²) in [6, 6.07) is 23.2. The second kappa shape index (κ2) is 10.7. The Bertz CT molecular complexity index is 1200. The minimum atomic E-state index is -0.710. The Balaban J connectivity index is 1.78. The molecule has 1 N–H and O–H groups in total. The van der Waals surface area contributed by atoms with E-state index < -0.39 is 17.7 Å². The van der Waals surface area contributed by atoms with Crippen LogP contribution in [0.15, 0.2) is 88.9 Å². The highest BCUT2D eigenvalue weighted by atomic mass is 79.9. The molecule has 1 saturated heterocycles. The number of benzene rings is 3. The minimum absolute atomic E-state index is 0.0777. The van der Waals surface area contributed by atoms with E-state index in [2.05, 4.69) is 22.9 Å². The minimum Gasteiger partial charge on any atom is -0.507 e. The number of aliphatic hydroxyl groups is 1. The van der Waals surface area contributed by atoms with Gasteiger partial charge in [0, 0.05) is 16.6 Å². The maximum Gasteiger partial charge on any atom is 0.295 e. The number of hydrogen-bond donors (Lipinski definition) is 1. The van der Waals surface area contributed by atoms with Gasteiger partial charge >= 0.3 is 0 Å². The van der Waals surface area contributed by atoms with Crippen LogP contribution in [-0.2, 0) is 16.1 Å². The van der Waals surface area contributed by atoms with Crippen molar-refractivity contribution in [3.63, 3.8) is 0 Å². The van der Waals surface area contributed by atoms with Crippen molar-refractivity contribution in [3.05, 3.63) is 106 Å². The lowest BCUT2D eigenvalue weighted by Gasteiger charge is -2.25. The van der Waals surface area contributed by atoms with E-state index in [1.807, 2.05) is 60.7 Å². The summed E-state index contributed by atoms with van der Waals surface area (Å²) in [5, 5.41) is 11.3. The summed E-state index contributed by atoms with van der Waals surface area (Å²) in [6.07, 6.45) is 1.93. The van der Waals surface area contributed by atoms with Crippen LogP contribution in [0.25, 0.3) is 5.76 Å². The number of ether oxygens (including phenoxy) is 1. The SMILES string of the molecule is CCCCOc1cccc(C(O)=C2C(=O)C(=O)N(Cc3ccccc3)C2c2ccc(Br)cc2)c1. The molecule has 4 rings (SSSR count). The Kier molecular flexibility index (Phi) is 7.48. The first-order valence-electron chi connectivity index (χ1n) is 11.3. The zero-order chi connectivity index (χ0) is 24.1. The molecule has 0 bridgehead atoms. The van der Waals surface area contributed by atoms with Crippen molar-refractivity contribution in [2.24, 2.45) is 0 Å². The normalized spacial score (nSPS) is 17.2. The molecular weight excluding hydrogens is 494 g/mol. The van der Waals surface area contributed by atoms with Gasteiger partial charge in [0.25, 0.3) is 11.7 Å². The molecule has 0 spiro atoms. The quantitative estimate of drug-likeness (QED) is 0.165. The Hall–Kier alpha value is -3.38. The number of Topliss-reactive ketones (excluding diaryl/α,β-unsaturated/α-hetero) is 1. The number of aliphatic hydroxyl groups excluding tert-OH is 1. The second-order valence-corrected chi connectivity index (χ2v) is 9.11. The summed E-state index contributed by atoms with van der Waals surface area (Å²) in [4.78, 5) is 27.9. The van der Waals surface area contributed by atoms with Gasteiger partial charge in [-0.3, -0.25) is 9.59 Å². The fourth-order valence-corrected chi connectivity index (χ4v) is 4.30. The molecule has 3 aromatic rings. The molecule has 1 atom stereocenters. The maximum atomic E-state index is 13.2. The molecule has 174 valence electrons. The van der Waals surface area contributed by atoms with Crippen molar-refractivity contribution < 1.29 is 19.4 Å². The zero-order valence-electron chi connectivity index (χ0n) is 18.9. The van der Waals surface area contributed by atoms with Crippen molar-refractivity contribution in [2.45, 2.75) is 32.4 Å². The zero-order valence-corrected chi connectivity index (χ0v) is 20.5. The fraction of sp³-hybridized carbons (Fsp3) is 0.214. The maximum absolute atomic E-state index is 13.2. The van der Waals surface area contributed by atoms with Crippen LogP contribution in [0.3, 0.4) is 0 Å². The first-order valence-corrected chi connectivity index (χ1v) is 12.1. The van der Waals surface area contributed by atoms with E-state index in [-0.39, 0.29) is 17.9 Å². The summed E-state index contributed by atoms with van der Waals surface area (Å²) in [5.74, 6) is -0.925. The number of ketones is 1. The summed E-state index contributed by atoms with van der Waals surface area (Å²) in [7, 11) is 0. The highest BCUT2D eigenvalue weighted by Gasteiger charge is 2.46. The van der Waals surface area contributed by atoms with Crippen molar-refractivity contribution in [3.8, 4) is 5.75 Å². The van der Waals surface area contributed by atoms with Gasteiger partial charge in [-0.25, -0.2) is 0 Å². The topological polar surface area (TPSA) is 66.8 Å². The van der Waals surface area contributed by atoms with Crippen LogP contribution in [0.5, 0.6) is 5.75 Å². The highest BCUT2D eigenvalue weighted by molar-refractivity contribution is 9.10. The molecule has 1 unspecified atom stereocenters. The van der Waals surface area contributed by atoms with Gasteiger partial charge in [0.15, 0.2) is 0 Å². The van der Waals surface area contributed by atoms with Crippen LogP contribution >= 0.6 is 15.9 Å². The largest absolute Gasteiger partial charge is 0.507 e. The van der Waals surface area contributed by atoms with Gasteiger partial charge in [-0.15, -0.1) is 0 Å². The Morgan fingerprint density at radius 3 is 2.44 bits per heavy atom. The molecule has 0 radical (unpaired) electrons. The van der Waals surface area contributed by atoms with Crippen molar-refractivity contribution in [1.29, 1.82) is 0 Å². The third-order valence-corrected chi connectivity index (χ3v) is 6.32. The van der Waals surface area contributed by atoms with E-state index in [0.717, 1.165) is 28.4 Å². The molecular formula is C28H26BrNO4. The Labute approximate surface area is 207 Å². The molecule has 1 amide bonds. The van der Waals surface area contributed by atoms with Crippen molar-refractivity contribution >= 4 is 33.4 Å². The lowest BCUT2D eigenvalue weighted by atomic mass is 9.95. The van der Waals surface area contributed by atoms with E-state index in [4.69, 9.17) is 4.74 Å². The number of hydrogen-bond acceptors (Lipinski definition) is 4. The van der Waals surface area contributed by atoms with Gasteiger partial charge in [0.1, 0.15) is 11.5 Å². The third kappa shape index (κ3) is 5.07. The third-order valence-electron chi connectivity index (χ3n) is 5.80. The van der Waals surface area contributed by atoms with Gasteiger partial charge in [0.2, 0.25) is 0 Å². The molecule has 1 aliphatic heterocycles. The predicted molar refractivity (Wildman–Crippen MR) is 135 cm³/mol. The average molecular weight is 520 g/mol. The van der Waals surface area contributed by atoms with Crippen molar-refractivity contribution in [2.75, 3.05) is 6.61 Å². The molecule has 3 aromatic carbocycles. The smallest absolute Gasteiger partial charge is 0.295 e. The Morgan fingerprint density at radius 2 is 1.74 bits per heavy atom. The summed E-state index contributed by atoms with van der Waals surface area (Å²) >= 11 is 3.44. The summed E-state index contributed by atoms with van der Waals surface area (Å²) in [5.41, 5.74) is 2.16. The molecule has 0 saturated carbocycles. The molecule has 0 aromatic heterocycles. The number of nitrogens with zero attached hydrogens (tertiary/aromatic N) is 1. The van der Waals surface area contributed by atoms with E-state index >= 15 is 0 Å². The lowest BCUT2D eigenvalue weighted by Crippen LogP contribution is -2.29. The molecule has 0 aliphatic carbocycles. The van der Waals surface area contributed by atoms with Crippen LogP contribution in [0, 0.1) is 0 Å². The van der Waals surface area contributed by atoms with Gasteiger partial charge in [-0.1, -0.05) is 83.9 Å². The van der Waals surface area contributed by atoms with E-state index in [0.29, 0.717) is 17.9 Å². The lowest BCUT2D eigenvalue weighted by molar-refractivity contribution is -0.140. The first kappa shape index (κ1) is 23.8. The number of rotatable bonds is 8. The number of halogens is 1. The summed E-state index contributed by atoms with van der Waals surface area (Å²) in [6.45, 7) is 2.91. The first-order chi connectivity index (χ1) is 16.5. The number of amides is 1. The fourth-order valence-electron chi connectivity index (χ4n) is 4.04. The standard InChI is InChI=1S/C28H26BrNO4/c1-2-3-16-34-23-11-7-10-21(17-23)26(31)24-25(20-12-14-22(29)15-13-20)30(28(33)27(24)32)18-19-8-5-4-6-9-19/h4-15,17,25,31H,2-3,16,18H2,1H3. The molecule has 1 aliphatic rings. The van der Waals surface area contributed by atoms with E-state index in [1.54, 1.807) is 18.2 Å². The van der Waals surface area contributed by atoms with Crippen LogP contribution in [0.2, 0.25) is 0 Å². The van der Waals surface area contributed by atoms with Crippen LogP contribution in [0.4, 0.5) is 0 Å². The molecule has 6 heteroatoms. The molecule has 1 heterocycles. The van der Waals surface area contributed by atoms with Crippen LogP contribution in [-0.4, -0.2) is 28.3 Å². The number of unbranched alkanes of at least 4 members (excludes halogenated alkanes) is 1. The number of likely N-dealkylation sites (tertiary alicyclic amines) is 1. The molecule has 1 fully saturated rings. The number of carbonyl (C=O) groups excluding carboxylic acids is 2. The van der Waals surface area contributed by atoms with Crippen molar-refractivity contribution in [1.82, 2.24) is 4.90 Å². The van der Waals surface area contributed by atoms with Crippen LogP contribution < -0.4 is 4.74 Å². The molecule has 34 heavy (non-hydrogen) atoms. The van der Waals surface area contributed by atoms with E-state index in [9.17, 15) is 14.7 Å². The molecule has 5 nitrogen and oxygen atoms in total.